The fourth-order valence-corrected chi connectivity index (χ4v) is 4.83. The highest BCUT2D eigenvalue weighted by Crippen LogP contribution is 2.34. The highest BCUT2D eigenvalue weighted by atomic mass is 35.5. The molecule has 0 radical (unpaired) electrons. The number of fused-ring (bicyclic) bond motifs is 1. The van der Waals surface area contributed by atoms with Crippen molar-refractivity contribution in [3.05, 3.63) is 16.5 Å². The van der Waals surface area contributed by atoms with Crippen LogP contribution < -0.4 is 0 Å². The van der Waals surface area contributed by atoms with E-state index in [-0.39, 0.29) is 5.91 Å². The molecular weight excluding hydrogens is 298 g/mol. The van der Waals surface area contributed by atoms with Gasteiger partial charge in [-0.3, -0.25) is 4.79 Å². The highest BCUT2D eigenvalue weighted by Gasteiger charge is 2.24. The first kappa shape index (κ1) is 15.2. The summed E-state index contributed by atoms with van der Waals surface area (Å²) in [6.45, 7) is 3.83. The lowest BCUT2D eigenvalue weighted by atomic mass is 10.2. The zero-order valence-corrected chi connectivity index (χ0v) is 13.7. The number of carbonyl (C=O) groups is 1. The monoisotopic (exact) mass is 317 g/mol. The number of halogens is 1. The lowest BCUT2D eigenvalue weighted by Crippen LogP contribution is -2.32. The van der Waals surface area contributed by atoms with E-state index >= 15 is 0 Å². The van der Waals surface area contributed by atoms with Crippen LogP contribution in [-0.4, -0.2) is 35.5 Å². The van der Waals surface area contributed by atoms with Gasteiger partial charge < -0.3 is 4.90 Å². The van der Waals surface area contributed by atoms with E-state index in [0.29, 0.717) is 0 Å². The average Bonchev–Trinajstić information content (AvgIpc) is 2.70. The zero-order valence-electron chi connectivity index (χ0n) is 11.3. The molecule has 0 N–H and O–H groups in total. The molecule has 0 aliphatic carbocycles. The Kier molecular flexibility index (Phi) is 6.05. The molecule has 19 heavy (non-hydrogen) atoms. The Hall–Kier alpha value is -0.190. The number of alkyl halides is 1. The summed E-state index contributed by atoms with van der Waals surface area (Å²) in [6, 6.07) is 2.04. The topological polar surface area (TPSA) is 20.3 Å². The SMILES string of the molecule is Cc1cc2c(s1)SCCN(CCCCCCCl)C2=O. The Morgan fingerprint density at radius 3 is 2.89 bits per heavy atom. The molecule has 2 heterocycles. The number of hydrogen-bond acceptors (Lipinski definition) is 3. The van der Waals surface area contributed by atoms with Gasteiger partial charge in [0.25, 0.3) is 5.91 Å². The summed E-state index contributed by atoms with van der Waals surface area (Å²) in [4.78, 5) is 15.7. The predicted octanol–water partition coefficient (Wildman–Crippen LogP) is 4.40. The van der Waals surface area contributed by atoms with Crippen molar-refractivity contribution in [1.29, 1.82) is 0 Å². The van der Waals surface area contributed by atoms with Crippen molar-refractivity contribution in [1.82, 2.24) is 4.90 Å². The van der Waals surface area contributed by atoms with E-state index < -0.39 is 0 Å². The fraction of sp³-hybridized carbons (Fsp3) is 0.643. The van der Waals surface area contributed by atoms with Gasteiger partial charge in [0.2, 0.25) is 0 Å². The standard InChI is InChI=1S/C14H20ClNOS2/c1-11-10-12-13(17)16(7-5-3-2-4-6-15)8-9-18-14(12)19-11/h10H,2-9H2,1H3. The van der Waals surface area contributed by atoms with E-state index in [9.17, 15) is 4.79 Å². The number of rotatable bonds is 6. The number of thiophene rings is 1. The average molecular weight is 318 g/mol. The van der Waals surface area contributed by atoms with Crippen LogP contribution in [0.5, 0.6) is 0 Å². The molecule has 1 aromatic rings. The molecule has 0 saturated heterocycles. The molecule has 0 aromatic carbocycles. The van der Waals surface area contributed by atoms with Gasteiger partial charge in [-0.2, -0.15) is 0 Å². The fourth-order valence-electron chi connectivity index (χ4n) is 2.23. The van der Waals surface area contributed by atoms with Crippen LogP contribution in [0.1, 0.15) is 40.9 Å². The lowest BCUT2D eigenvalue weighted by Gasteiger charge is -2.20. The van der Waals surface area contributed by atoms with Crippen LogP contribution in [0, 0.1) is 6.92 Å². The van der Waals surface area contributed by atoms with E-state index in [2.05, 4.69) is 6.92 Å². The smallest absolute Gasteiger partial charge is 0.255 e. The zero-order chi connectivity index (χ0) is 13.7. The molecule has 1 aliphatic heterocycles. The number of thioether (sulfide) groups is 1. The van der Waals surface area contributed by atoms with Gasteiger partial charge in [-0.05, 0) is 25.8 Å². The van der Waals surface area contributed by atoms with Gasteiger partial charge in [0.05, 0.1) is 9.77 Å². The maximum absolute atomic E-state index is 12.5. The molecule has 0 saturated carbocycles. The number of amides is 1. The van der Waals surface area contributed by atoms with Crippen molar-refractivity contribution in [2.24, 2.45) is 0 Å². The second-order valence-corrected chi connectivity index (χ2v) is 7.80. The van der Waals surface area contributed by atoms with Crippen LogP contribution in [0.15, 0.2) is 10.3 Å². The van der Waals surface area contributed by atoms with Gasteiger partial charge in [0.15, 0.2) is 0 Å². The minimum absolute atomic E-state index is 0.224. The number of hydrogen-bond donors (Lipinski definition) is 0. The summed E-state index contributed by atoms with van der Waals surface area (Å²) in [5.74, 6) is 1.98. The number of nitrogens with zero attached hydrogens (tertiary/aromatic N) is 1. The molecule has 0 fully saturated rings. The van der Waals surface area contributed by atoms with E-state index in [1.54, 1.807) is 11.3 Å². The molecule has 2 rings (SSSR count). The summed E-state index contributed by atoms with van der Waals surface area (Å²) in [5, 5.41) is 0. The van der Waals surface area contributed by atoms with Crippen molar-refractivity contribution in [3.8, 4) is 0 Å². The number of aryl methyl sites for hydroxylation is 1. The van der Waals surface area contributed by atoms with Gasteiger partial charge in [0, 0.05) is 29.6 Å². The molecule has 0 spiro atoms. The van der Waals surface area contributed by atoms with Crippen molar-refractivity contribution in [3.63, 3.8) is 0 Å². The van der Waals surface area contributed by atoms with Crippen molar-refractivity contribution in [2.75, 3.05) is 24.7 Å². The highest BCUT2D eigenvalue weighted by molar-refractivity contribution is 8.01. The molecule has 1 aromatic heterocycles. The molecular formula is C14H20ClNOS2. The van der Waals surface area contributed by atoms with Gasteiger partial charge in [-0.1, -0.05) is 12.8 Å². The van der Waals surface area contributed by atoms with Gasteiger partial charge in [-0.15, -0.1) is 34.7 Å². The van der Waals surface area contributed by atoms with Crippen molar-refractivity contribution < 1.29 is 4.79 Å². The molecule has 5 heteroatoms. The van der Waals surface area contributed by atoms with Crippen LogP contribution in [0.2, 0.25) is 0 Å². The Morgan fingerprint density at radius 2 is 2.11 bits per heavy atom. The van der Waals surface area contributed by atoms with E-state index in [4.69, 9.17) is 11.6 Å². The van der Waals surface area contributed by atoms with E-state index in [0.717, 1.165) is 43.1 Å². The molecule has 0 unspecified atom stereocenters. The number of carbonyl (C=O) groups excluding carboxylic acids is 1. The van der Waals surface area contributed by atoms with Crippen LogP contribution in [0.4, 0.5) is 0 Å². The molecule has 106 valence electrons. The van der Waals surface area contributed by atoms with Crippen LogP contribution >= 0.6 is 34.7 Å². The minimum Gasteiger partial charge on any atom is -0.338 e. The second kappa shape index (κ2) is 7.55. The molecule has 1 amide bonds. The Labute approximate surface area is 128 Å². The quantitative estimate of drug-likeness (QED) is 0.572. The van der Waals surface area contributed by atoms with Gasteiger partial charge in [-0.25, -0.2) is 0 Å². The van der Waals surface area contributed by atoms with Gasteiger partial charge in [0.1, 0.15) is 0 Å². The largest absolute Gasteiger partial charge is 0.338 e. The van der Waals surface area contributed by atoms with Crippen LogP contribution in [0.3, 0.4) is 0 Å². The van der Waals surface area contributed by atoms with Crippen molar-refractivity contribution >= 4 is 40.6 Å². The maximum atomic E-state index is 12.5. The molecule has 2 nitrogen and oxygen atoms in total. The van der Waals surface area contributed by atoms with Crippen molar-refractivity contribution in [2.45, 2.75) is 36.8 Å². The Morgan fingerprint density at radius 1 is 1.32 bits per heavy atom. The molecule has 1 aliphatic rings. The summed E-state index contributed by atoms with van der Waals surface area (Å²) in [5.41, 5.74) is 0.922. The summed E-state index contributed by atoms with van der Waals surface area (Å²) >= 11 is 9.24. The maximum Gasteiger partial charge on any atom is 0.255 e. The first-order valence-corrected chi connectivity index (χ1v) is 9.14. The molecule has 0 bridgehead atoms. The molecule has 0 atom stereocenters. The van der Waals surface area contributed by atoms with Gasteiger partial charge >= 0.3 is 0 Å². The lowest BCUT2D eigenvalue weighted by molar-refractivity contribution is 0.0763. The number of unbranched alkanes of at least 4 members (excludes halogenated alkanes) is 3. The third-order valence-corrected chi connectivity index (χ3v) is 5.83. The summed E-state index contributed by atoms with van der Waals surface area (Å²) < 4.78 is 1.20. The first-order chi connectivity index (χ1) is 9.22. The summed E-state index contributed by atoms with van der Waals surface area (Å²) in [6.07, 6.45) is 4.51. The van der Waals surface area contributed by atoms with E-state index in [1.165, 1.54) is 21.9 Å². The van der Waals surface area contributed by atoms with Crippen LogP contribution in [0.25, 0.3) is 0 Å². The third-order valence-electron chi connectivity index (χ3n) is 3.24. The van der Waals surface area contributed by atoms with Crippen LogP contribution in [-0.2, 0) is 0 Å². The Bertz CT molecular complexity index is 433. The van der Waals surface area contributed by atoms with E-state index in [1.807, 2.05) is 22.7 Å². The third kappa shape index (κ3) is 4.14. The summed E-state index contributed by atoms with van der Waals surface area (Å²) in [7, 11) is 0. The normalized spacial score (nSPS) is 15.5. The Balaban J connectivity index is 1.90. The minimum atomic E-state index is 0.224. The first-order valence-electron chi connectivity index (χ1n) is 6.81. The second-order valence-electron chi connectivity index (χ2n) is 4.80. The predicted molar refractivity (Wildman–Crippen MR) is 84.9 cm³/mol.